The van der Waals surface area contributed by atoms with Crippen LogP contribution in [0, 0.1) is 4.91 Å². The van der Waals surface area contributed by atoms with Crippen LogP contribution in [0.4, 0.5) is 4.39 Å². The van der Waals surface area contributed by atoms with E-state index in [2.05, 4.69) is 5.18 Å². The Bertz CT molecular complexity index is 176. The summed E-state index contributed by atoms with van der Waals surface area (Å²) in [6, 6.07) is -0.379. The molecule has 0 aromatic heterocycles. The predicted octanol–water partition coefficient (Wildman–Crippen LogP) is 3.59. The number of nitroso groups, excluding NO2 is 1. The third-order valence-electron chi connectivity index (χ3n) is 2.79. The SMILES string of the molecule is CCC(O)CCCCCC(CC(C)F)N=O. The molecule has 3 atom stereocenters. The Labute approximate surface area is 97.4 Å². The summed E-state index contributed by atoms with van der Waals surface area (Å²) in [5.41, 5.74) is 0. The number of alkyl halides is 1. The minimum atomic E-state index is -0.954. The molecule has 0 bridgehead atoms. The Kier molecular flexibility index (Phi) is 9.39. The van der Waals surface area contributed by atoms with Crippen molar-refractivity contribution in [2.75, 3.05) is 0 Å². The fourth-order valence-corrected chi connectivity index (χ4v) is 1.73. The summed E-state index contributed by atoms with van der Waals surface area (Å²) in [5.74, 6) is 0. The largest absolute Gasteiger partial charge is 0.393 e. The van der Waals surface area contributed by atoms with Gasteiger partial charge in [-0.3, -0.25) is 0 Å². The number of nitrogens with zero attached hydrogens (tertiary/aromatic N) is 1. The summed E-state index contributed by atoms with van der Waals surface area (Å²) in [6.45, 7) is 3.41. The van der Waals surface area contributed by atoms with Gasteiger partial charge in [-0.05, 0) is 26.2 Å². The summed E-state index contributed by atoms with van der Waals surface area (Å²) >= 11 is 0. The molecule has 0 spiro atoms. The van der Waals surface area contributed by atoms with E-state index in [1.54, 1.807) is 0 Å². The average Bonchev–Trinajstić information content (AvgIpc) is 2.26. The highest BCUT2D eigenvalue weighted by Gasteiger charge is 2.12. The van der Waals surface area contributed by atoms with Crippen LogP contribution in [0.3, 0.4) is 0 Å². The molecular weight excluding hydrogens is 209 g/mol. The fourth-order valence-electron chi connectivity index (χ4n) is 1.73. The van der Waals surface area contributed by atoms with Crippen LogP contribution < -0.4 is 0 Å². The van der Waals surface area contributed by atoms with Crippen LogP contribution >= 0.6 is 0 Å². The van der Waals surface area contributed by atoms with E-state index in [4.69, 9.17) is 0 Å². The van der Waals surface area contributed by atoms with Gasteiger partial charge in [0, 0.05) is 6.42 Å². The Morgan fingerprint density at radius 1 is 1.25 bits per heavy atom. The number of halogens is 1. The number of aliphatic hydroxyl groups excluding tert-OH is 1. The molecule has 0 fully saturated rings. The van der Waals surface area contributed by atoms with Crippen LogP contribution in [-0.4, -0.2) is 23.4 Å². The minimum Gasteiger partial charge on any atom is -0.393 e. The van der Waals surface area contributed by atoms with Crippen LogP contribution in [0.2, 0.25) is 0 Å². The molecule has 0 aliphatic heterocycles. The molecule has 1 N–H and O–H groups in total. The zero-order valence-corrected chi connectivity index (χ0v) is 10.4. The van der Waals surface area contributed by atoms with E-state index in [1.807, 2.05) is 6.92 Å². The van der Waals surface area contributed by atoms with Crippen molar-refractivity contribution in [2.45, 2.75) is 77.1 Å². The molecule has 0 rings (SSSR count). The van der Waals surface area contributed by atoms with Crippen molar-refractivity contribution in [3.63, 3.8) is 0 Å². The van der Waals surface area contributed by atoms with Crippen molar-refractivity contribution in [1.29, 1.82) is 0 Å². The first-order valence-corrected chi connectivity index (χ1v) is 6.24. The summed E-state index contributed by atoms with van der Waals surface area (Å²) < 4.78 is 12.6. The number of aliphatic hydroxyl groups is 1. The second-order valence-corrected chi connectivity index (χ2v) is 4.48. The first-order chi connectivity index (χ1) is 7.60. The Morgan fingerprint density at radius 2 is 1.88 bits per heavy atom. The lowest BCUT2D eigenvalue weighted by Gasteiger charge is -2.10. The number of hydrogen-bond acceptors (Lipinski definition) is 3. The number of hydrogen-bond donors (Lipinski definition) is 1. The van der Waals surface area contributed by atoms with Gasteiger partial charge >= 0.3 is 0 Å². The highest BCUT2D eigenvalue weighted by molar-refractivity contribution is 4.68. The molecule has 0 saturated carbocycles. The van der Waals surface area contributed by atoms with Crippen LogP contribution in [-0.2, 0) is 0 Å². The molecule has 96 valence electrons. The van der Waals surface area contributed by atoms with Crippen LogP contribution in [0.15, 0.2) is 5.18 Å². The van der Waals surface area contributed by atoms with Crippen molar-refractivity contribution in [3.05, 3.63) is 4.91 Å². The van der Waals surface area contributed by atoms with E-state index in [0.29, 0.717) is 6.42 Å². The molecule has 0 aliphatic carbocycles. The third-order valence-corrected chi connectivity index (χ3v) is 2.79. The van der Waals surface area contributed by atoms with Gasteiger partial charge < -0.3 is 5.11 Å². The van der Waals surface area contributed by atoms with Gasteiger partial charge in [-0.15, -0.1) is 0 Å². The van der Waals surface area contributed by atoms with E-state index < -0.39 is 6.17 Å². The van der Waals surface area contributed by atoms with Crippen molar-refractivity contribution in [1.82, 2.24) is 0 Å². The molecule has 16 heavy (non-hydrogen) atoms. The quantitative estimate of drug-likeness (QED) is 0.463. The second-order valence-electron chi connectivity index (χ2n) is 4.48. The molecule has 0 aromatic carbocycles. The lowest BCUT2D eigenvalue weighted by Crippen LogP contribution is -2.10. The lowest BCUT2D eigenvalue weighted by molar-refractivity contribution is 0.156. The van der Waals surface area contributed by atoms with Gasteiger partial charge in [-0.25, -0.2) is 4.39 Å². The molecule has 0 aromatic rings. The zero-order chi connectivity index (χ0) is 12.4. The smallest absolute Gasteiger partial charge is 0.0995 e. The van der Waals surface area contributed by atoms with E-state index >= 15 is 0 Å². The summed E-state index contributed by atoms with van der Waals surface area (Å²) in [4.78, 5) is 10.4. The maximum Gasteiger partial charge on any atom is 0.0995 e. The van der Waals surface area contributed by atoms with E-state index in [1.165, 1.54) is 6.92 Å². The van der Waals surface area contributed by atoms with Gasteiger partial charge in [0.15, 0.2) is 0 Å². The topological polar surface area (TPSA) is 49.7 Å². The predicted molar refractivity (Wildman–Crippen MR) is 64.2 cm³/mol. The van der Waals surface area contributed by atoms with Gasteiger partial charge in [0.2, 0.25) is 0 Å². The molecular formula is C12H24FNO2. The monoisotopic (exact) mass is 233 g/mol. The van der Waals surface area contributed by atoms with Gasteiger partial charge in [0.05, 0.1) is 18.3 Å². The van der Waals surface area contributed by atoms with Gasteiger partial charge in [-0.1, -0.05) is 31.4 Å². The maximum atomic E-state index is 12.6. The van der Waals surface area contributed by atoms with Crippen LogP contribution in [0.1, 0.15) is 58.8 Å². The summed E-state index contributed by atoms with van der Waals surface area (Å²) in [7, 11) is 0. The van der Waals surface area contributed by atoms with E-state index in [-0.39, 0.29) is 18.6 Å². The zero-order valence-electron chi connectivity index (χ0n) is 10.4. The standard InChI is InChI=1S/C12H24FNO2/c1-3-12(15)8-6-4-5-7-11(14-16)9-10(2)13/h10-12,15H,3-9H2,1-2H3. The average molecular weight is 233 g/mol. The third kappa shape index (κ3) is 8.77. The Balaban J connectivity index is 3.44. The van der Waals surface area contributed by atoms with E-state index in [9.17, 15) is 14.4 Å². The maximum absolute atomic E-state index is 12.6. The molecule has 4 heteroatoms. The van der Waals surface area contributed by atoms with Crippen molar-refractivity contribution >= 4 is 0 Å². The fraction of sp³-hybridized carbons (Fsp3) is 1.00. The number of rotatable bonds is 10. The normalized spacial score (nSPS) is 16.8. The summed E-state index contributed by atoms with van der Waals surface area (Å²) in [6.07, 6.45) is 4.18. The Hall–Kier alpha value is -0.510. The first-order valence-electron chi connectivity index (χ1n) is 6.24. The van der Waals surface area contributed by atoms with Gasteiger partial charge in [0.25, 0.3) is 0 Å². The highest BCUT2D eigenvalue weighted by Crippen LogP contribution is 2.15. The van der Waals surface area contributed by atoms with Crippen LogP contribution in [0.5, 0.6) is 0 Å². The summed E-state index contributed by atoms with van der Waals surface area (Å²) in [5, 5.41) is 12.3. The molecule has 0 radical (unpaired) electrons. The second kappa shape index (κ2) is 9.70. The number of unbranched alkanes of at least 4 members (excludes halogenated alkanes) is 2. The lowest BCUT2D eigenvalue weighted by atomic mass is 10.0. The van der Waals surface area contributed by atoms with Gasteiger partial charge in [-0.2, -0.15) is 4.91 Å². The first kappa shape index (κ1) is 15.5. The molecule has 3 unspecified atom stereocenters. The molecule has 0 amide bonds. The molecule has 3 nitrogen and oxygen atoms in total. The van der Waals surface area contributed by atoms with Gasteiger partial charge in [0.1, 0.15) is 0 Å². The molecule has 0 aliphatic rings. The van der Waals surface area contributed by atoms with Crippen molar-refractivity contribution in [3.8, 4) is 0 Å². The molecule has 0 heterocycles. The van der Waals surface area contributed by atoms with E-state index in [0.717, 1.165) is 32.1 Å². The van der Waals surface area contributed by atoms with Crippen molar-refractivity contribution in [2.24, 2.45) is 5.18 Å². The Morgan fingerprint density at radius 3 is 2.38 bits per heavy atom. The highest BCUT2D eigenvalue weighted by atomic mass is 19.1. The van der Waals surface area contributed by atoms with Crippen molar-refractivity contribution < 1.29 is 9.50 Å². The minimum absolute atomic E-state index is 0.203. The van der Waals surface area contributed by atoms with Crippen LogP contribution in [0.25, 0.3) is 0 Å². The molecule has 0 saturated heterocycles.